The summed E-state index contributed by atoms with van der Waals surface area (Å²) in [6.45, 7) is 7.13. The number of carbonyl (C=O) groups excluding carboxylic acids is 1. The molecule has 0 amide bonds. The van der Waals surface area contributed by atoms with Gasteiger partial charge in [-0.25, -0.2) is 4.79 Å². The Hall–Kier alpha value is -0.570. The molecule has 0 N–H and O–H groups in total. The molecule has 0 aliphatic rings. The highest BCUT2D eigenvalue weighted by atomic mass is 16.6. The second-order valence-electron chi connectivity index (χ2n) is 4.80. The number of rotatable bonds is 12. The minimum atomic E-state index is -0.420. The molecule has 3 nitrogen and oxygen atoms in total. The van der Waals surface area contributed by atoms with E-state index in [1.807, 2.05) is 6.92 Å². The topological polar surface area (TPSA) is 35.5 Å². The van der Waals surface area contributed by atoms with Crippen molar-refractivity contribution in [1.82, 2.24) is 0 Å². The van der Waals surface area contributed by atoms with Crippen LogP contribution in [-0.4, -0.2) is 25.3 Å². The van der Waals surface area contributed by atoms with Crippen molar-refractivity contribution in [3.63, 3.8) is 0 Å². The number of hydrogen-bond acceptors (Lipinski definition) is 3. The Morgan fingerprint density at radius 1 is 0.889 bits per heavy atom. The quantitative estimate of drug-likeness (QED) is 0.390. The molecular formula is C15H30O3. The number of esters is 1. The molecule has 0 bridgehead atoms. The van der Waals surface area contributed by atoms with Crippen molar-refractivity contribution in [2.45, 2.75) is 78.2 Å². The van der Waals surface area contributed by atoms with Gasteiger partial charge < -0.3 is 9.47 Å². The van der Waals surface area contributed by atoms with E-state index in [-0.39, 0.29) is 5.97 Å². The maximum atomic E-state index is 11.4. The summed E-state index contributed by atoms with van der Waals surface area (Å²) in [6.07, 6.45) is 9.25. The third-order valence-corrected chi connectivity index (χ3v) is 2.90. The van der Waals surface area contributed by atoms with E-state index in [2.05, 4.69) is 6.92 Å². The molecule has 0 fully saturated rings. The molecule has 108 valence electrons. The van der Waals surface area contributed by atoms with Gasteiger partial charge in [-0.15, -0.1) is 0 Å². The zero-order chi connectivity index (χ0) is 13.6. The highest BCUT2D eigenvalue weighted by molar-refractivity contribution is 5.74. The lowest BCUT2D eigenvalue weighted by Crippen LogP contribution is -2.24. The van der Waals surface area contributed by atoms with Gasteiger partial charge in [-0.2, -0.15) is 0 Å². The highest BCUT2D eigenvalue weighted by Gasteiger charge is 2.13. The van der Waals surface area contributed by atoms with Crippen molar-refractivity contribution in [1.29, 1.82) is 0 Å². The lowest BCUT2D eigenvalue weighted by atomic mass is 10.1. The first-order chi connectivity index (χ1) is 8.72. The van der Waals surface area contributed by atoms with E-state index in [4.69, 9.17) is 9.47 Å². The van der Waals surface area contributed by atoms with Gasteiger partial charge in [-0.05, 0) is 19.8 Å². The van der Waals surface area contributed by atoms with Crippen LogP contribution in [0.3, 0.4) is 0 Å². The van der Waals surface area contributed by atoms with Gasteiger partial charge in [0.15, 0.2) is 6.10 Å². The minimum absolute atomic E-state index is 0.236. The third kappa shape index (κ3) is 10.6. The summed E-state index contributed by atoms with van der Waals surface area (Å²) in [7, 11) is 0. The average Bonchev–Trinajstić information content (AvgIpc) is 2.38. The molecule has 0 aromatic heterocycles. The Morgan fingerprint density at radius 3 is 2.11 bits per heavy atom. The fourth-order valence-corrected chi connectivity index (χ4v) is 1.71. The molecule has 0 aliphatic carbocycles. The molecule has 0 radical (unpaired) electrons. The van der Waals surface area contributed by atoms with Crippen molar-refractivity contribution < 1.29 is 14.3 Å². The van der Waals surface area contributed by atoms with Gasteiger partial charge in [0, 0.05) is 6.61 Å². The normalized spacial score (nSPS) is 12.4. The second kappa shape index (κ2) is 12.9. The average molecular weight is 258 g/mol. The predicted molar refractivity (Wildman–Crippen MR) is 74.7 cm³/mol. The Kier molecular flexibility index (Phi) is 12.5. The summed E-state index contributed by atoms with van der Waals surface area (Å²) < 4.78 is 10.5. The Morgan fingerprint density at radius 2 is 1.50 bits per heavy atom. The van der Waals surface area contributed by atoms with E-state index in [9.17, 15) is 4.79 Å². The van der Waals surface area contributed by atoms with Crippen LogP contribution in [0.25, 0.3) is 0 Å². The van der Waals surface area contributed by atoms with Crippen molar-refractivity contribution in [3.8, 4) is 0 Å². The predicted octanol–water partition coefficient (Wildman–Crippen LogP) is 4.10. The summed E-state index contributed by atoms with van der Waals surface area (Å²) in [4.78, 5) is 11.4. The first kappa shape index (κ1) is 17.4. The monoisotopic (exact) mass is 258 g/mol. The molecule has 0 heterocycles. The second-order valence-corrected chi connectivity index (χ2v) is 4.80. The van der Waals surface area contributed by atoms with Crippen molar-refractivity contribution in [3.05, 3.63) is 0 Å². The summed E-state index contributed by atoms with van der Waals surface area (Å²) in [5.74, 6) is -0.236. The van der Waals surface area contributed by atoms with Crippen LogP contribution in [0, 0.1) is 0 Å². The summed E-state index contributed by atoms with van der Waals surface area (Å²) in [5.41, 5.74) is 0. The van der Waals surface area contributed by atoms with E-state index in [1.54, 1.807) is 6.92 Å². The molecule has 0 aromatic rings. The number of ether oxygens (including phenoxy) is 2. The highest BCUT2D eigenvalue weighted by Crippen LogP contribution is 2.07. The van der Waals surface area contributed by atoms with Crippen LogP contribution in [-0.2, 0) is 14.3 Å². The standard InChI is InChI=1S/C15H30O3/c1-4-6-7-8-9-10-11-13-17-14(3)15(16)18-12-5-2/h14H,4-13H2,1-3H3. The SMILES string of the molecule is CCCCCCCCCOC(C)C(=O)OCCC. The van der Waals surface area contributed by atoms with Gasteiger partial charge in [0.2, 0.25) is 0 Å². The summed E-state index contributed by atoms with van der Waals surface area (Å²) in [6, 6.07) is 0. The lowest BCUT2D eigenvalue weighted by Gasteiger charge is -2.12. The minimum Gasteiger partial charge on any atom is -0.464 e. The summed E-state index contributed by atoms with van der Waals surface area (Å²) in [5, 5.41) is 0. The van der Waals surface area contributed by atoms with Gasteiger partial charge in [-0.3, -0.25) is 0 Å². The zero-order valence-corrected chi connectivity index (χ0v) is 12.4. The van der Waals surface area contributed by atoms with E-state index in [1.165, 1.54) is 38.5 Å². The van der Waals surface area contributed by atoms with Crippen LogP contribution in [0.1, 0.15) is 72.1 Å². The maximum absolute atomic E-state index is 11.4. The summed E-state index contributed by atoms with van der Waals surface area (Å²) >= 11 is 0. The van der Waals surface area contributed by atoms with Crippen LogP contribution >= 0.6 is 0 Å². The van der Waals surface area contributed by atoms with Crippen LogP contribution < -0.4 is 0 Å². The molecule has 0 spiro atoms. The molecule has 3 heteroatoms. The first-order valence-corrected chi connectivity index (χ1v) is 7.50. The fourth-order valence-electron chi connectivity index (χ4n) is 1.71. The largest absolute Gasteiger partial charge is 0.464 e. The molecule has 0 saturated heterocycles. The fraction of sp³-hybridized carbons (Fsp3) is 0.933. The molecule has 0 aromatic carbocycles. The van der Waals surface area contributed by atoms with Crippen molar-refractivity contribution in [2.24, 2.45) is 0 Å². The molecule has 18 heavy (non-hydrogen) atoms. The van der Waals surface area contributed by atoms with Crippen LogP contribution in [0.5, 0.6) is 0 Å². The van der Waals surface area contributed by atoms with E-state index in [0.717, 1.165) is 12.8 Å². The Balaban J connectivity index is 3.29. The van der Waals surface area contributed by atoms with Gasteiger partial charge in [0.1, 0.15) is 0 Å². The molecule has 0 aliphatic heterocycles. The molecule has 0 rings (SSSR count). The molecule has 1 unspecified atom stereocenters. The number of carbonyl (C=O) groups is 1. The van der Waals surface area contributed by atoms with Crippen LogP contribution in [0.4, 0.5) is 0 Å². The van der Waals surface area contributed by atoms with Gasteiger partial charge >= 0.3 is 5.97 Å². The van der Waals surface area contributed by atoms with Crippen LogP contribution in [0.15, 0.2) is 0 Å². The zero-order valence-electron chi connectivity index (χ0n) is 12.4. The van der Waals surface area contributed by atoms with Crippen molar-refractivity contribution >= 4 is 5.97 Å². The van der Waals surface area contributed by atoms with E-state index in [0.29, 0.717) is 13.2 Å². The van der Waals surface area contributed by atoms with E-state index >= 15 is 0 Å². The molecule has 0 saturated carbocycles. The maximum Gasteiger partial charge on any atom is 0.334 e. The first-order valence-electron chi connectivity index (χ1n) is 7.50. The smallest absolute Gasteiger partial charge is 0.334 e. The van der Waals surface area contributed by atoms with Crippen molar-refractivity contribution in [2.75, 3.05) is 13.2 Å². The molecule has 1 atom stereocenters. The number of unbranched alkanes of at least 4 members (excludes halogenated alkanes) is 6. The lowest BCUT2D eigenvalue weighted by molar-refractivity contribution is -0.156. The van der Waals surface area contributed by atoms with Gasteiger partial charge in [-0.1, -0.05) is 52.4 Å². The van der Waals surface area contributed by atoms with E-state index < -0.39 is 6.10 Å². The number of hydrogen-bond donors (Lipinski definition) is 0. The third-order valence-electron chi connectivity index (χ3n) is 2.90. The Bertz CT molecular complexity index is 192. The van der Waals surface area contributed by atoms with Gasteiger partial charge in [0.25, 0.3) is 0 Å². The van der Waals surface area contributed by atoms with Gasteiger partial charge in [0.05, 0.1) is 6.61 Å². The molecular weight excluding hydrogens is 228 g/mol. The Labute approximate surface area is 112 Å². The van der Waals surface area contributed by atoms with Crippen LogP contribution in [0.2, 0.25) is 0 Å².